The number of phenols is 1. The normalized spacial score (nSPS) is 11.7. The Balaban J connectivity index is 0.00000408. The van der Waals surface area contributed by atoms with Gasteiger partial charge in [0.15, 0.2) is 0 Å². The van der Waals surface area contributed by atoms with Gasteiger partial charge in [-0.25, -0.2) is 4.99 Å². The summed E-state index contributed by atoms with van der Waals surface area (Å²) in [5.41, 5.74) is 4.73. The molecule has 0 aliphatic carbocycles. The minimum atomic E-state index is 0. The first-order chi connectivity index (χ1) is 16.0. The van der Waals surface area contributed by atoms with E-state index in [9.17, 15) is 15.5 Å². The number of hydrogen-bond donors (Lipinski definition) is 2. The summed E-state index contributed by atoms with van der Waals surface area (Å²) in [4.78, 5) is 4.66. The summed E-state index contributed by atoms with van der Waals surface area (Å²) in [7, 11) is 0. The van der Waals surface area contributed by atoms with Crippen LogP contribution in [-0.2, 0) is 6.42 Å². The number of benzene rings is 3. The fourth-order valence-corrected chi connectivity index (χ4v) is 3.49. The second-order valence-electron chi connectivity index (χ2n) is 7.73. The van der Waals surface area contributed by atoms with E-state index in [1.54, 1.807) is 30.3 Å². The minimum Gasteiger partial charge on any atom is -0.874 e. The molecule has 0 unspecified atom stereocenters. The number of rotatable bonds is 8. The Morgan fingerprint density at radius 2 is 1.68 bits per heavy atom. The molecule has 0 radical (unpaired) electrons. The van der Waals surface area contributed by atoms with Crippen LogP contribution in [0.5, 0.6) is 5.75 Å². The standard InChI is InChI=1S/C28H29N3O2.K/c1-3-7-26(31-28(4-2)30-23-14-16-24(32)17-15-23)27(33)18-20-10-12-21(13-11-20)25-9-6-5-8-22(25)19-29;/h5-6,8-17,32-33H,3-4,7,18H2,1-2H3,(H,30,31);/q;+1/p-1/b27-26-;. The van der Waals surface area contributed by atoms with Crippen molar-refractivity contribution in [1.29, 1.82) is 5.26 Å². The summed E-state index contributed by atoms with van der Waals surface area (Å²) >= 11 is 0. The molecule has 0 saturated heterocycles. The second-order valence-corrected chi connectivity index (χ2v) is 7.73. The van der Waals surface area contributed by atoms with Crippen LogP contribution in [0.2, 0.25) is 0 Å². The van der Waals surface area contributed by atoms with Crippen molar-refractivity contribution in [1.82, 2.24) is 0 Å². The first-order valence-corrected chi connectivity index (χ1v) is 11.1. The summed E-state index contributed by atoms with van der Waals surface area (Å²) in [6.07, 6.45) is 2.35. The van der Waals surface area contributed by atoms with Gasteiger partial charge >= 0.3 is 51.4 Å². The molecule has 0 amide bonds. The van der Waals surface area contributed by atoms with Gasteiger partial charge in [0.25, 0.3) is 0 Å². The molecule has 0 spiro atoms. The average molecular weight is 478 g/mol. The monoisotopic (exact) mass is 477 g/mol. The van der Waals surface area contributed by atoms with Gasteiger partial charge < -0.3 is 15.5 Å². The van der Waals surface area contributed by atoms with Crippen LogP contribution in [0.25, 0.3) is 11.1 Å². The van der Waals surface area contributed by atoms with Gasteiger partial charge in [0.05, 0.1) is 11.6 Å². The second kappa shape index (κ2) is 14.1. The van der Waals surface area contributed by atoms with Crippen LogP contribution in [-0.4, -0.2) is 10.9 Å². The molecule has 5 nitrogen and oxygen atoms in total. The number of amidine groups is 1. The van der Waals surface area contributed by atoms with E-state index in [1.807, 2.05) is 56.3 Å². The zero-order valence-electron chi connectivity index (χ0n) is 20.0. The maximum Gasteiger partial charge on any atom is 1.00 e. The molecule has 0 atom stereocenters. The van der Waals surface area contributed by atoms with E-state index in [0.29, 0.717) is 29.9 Å². The van der Waals surface area contributed by atoms with Gasteiger partial charge in [0.1, 0.15) is 11.6 Å². The quantitative estimate of drug-likeness (QED) is 0.172. The number of aliphatic imine (C=N–C) groups is 1. The van der Waals surface area contributed by atoms with Crippen LogP contribution < -0.4 is 61.8 Å². The molecule has 0 saturated carbocycles. The Hall–Kier alpha value is -2.40. The van der Waals surface area contributed by atoms with E-state index in [2.05, 4.69) is 16.4 Å². The number of hydrogen-bond acceptors (Lipinski definition) is 4. The van der Waals surface area contributed by atoms with E-state index in [0.717, 1.165) is 28.8 Å². The fourth-order valence-electron chi connectivity index (χ4n) is 3.49. The number of nitriles is 1. The van der Waals surface area contributed by atoms with Gasteiger partial charge in [-0.15, -0.1) is 5.76 Å². The van der Waals surface area contributed by atoms with Gasteiger partial charge in [0.2, 0.25) is 0 Å². The molecule has 0 aliphatic heterocycles. The summed E-state index contributed by atoms with van der Waals surface area (Å²) in [5.74, 6) is 0.910. The summed E-state index contributed by atoms with van der Waals surface area (Å²) < 4.78 is 0. The molecule has 0 heterocycles. The SMILES string of the molecule is CCC/C(N=C(CC)Nc1ccc(O)cc1)=C(/[O-])Cc1ccc(-c2ccccc2C#N)cc1.[K+]. The number of anilines is 1. The number of phenolic OH excluding ortho intramolecular Hbond substituents is 1. The van der Waals surface area contributed by atoms with E-state index in [-0.39, 0.29) is 69.3 Å². The fraction of sp³-hybridized carbons (Fsp3) is 0.214. The van der Waals surface area contributed by atoms with Crippen molar-refractivity contribution in [2.24, 2.45) is 4.99 Å². The van der Waals surface area contributed by atoms with Gasteiger partial charge in [-0.2, -0.15) is 5.26 Å². The molecule has 6 heteroatoms. The van der Waals surface area contributed by atoms with Gasteiger partial charge in [-0.05, 0) is 59.9 Å². The topological polar surface area (TPSA) is 91.5 Å². The van der Waals surface area contributed by atoms with Crippen LogP contribution in [0.1, 0.15) is 44.2 Å². The number of nitrogens with one attached hydrogen (secondary N) is 1. The van der Waals surface area contributed by atoms with Crippen LogP contribution in [0.15, 0.2) is 89.2 Å². The van der Waals surface area contributed by atoms with Crippen molar-refractivity contribution < 1.29 is 61.6 Å². The Morgan fingerprint density at radius 3 is 2.29 bits per heavy atom. The molecule has 0 aliphatic rings. The molecule has 168 valence electrons. The third kappa shape index (κ3) is 7.83. The predicted octanol–water partition coefficient (Wildman–Crippen LogP) is 2.77. The smallest absolute Gasteiger partial charge is 0.874 e. The molecular formula is C28H28KN3O2. The Morgan fingerprint density at radius 1 is 1.00 bits per heavy atom. The Labute approximate surface area is 244 Å². The molecule has 34 heavy (non-hydrogen) atoms. The van der Waals surface area contributed by atoms with E-state index >= 15 is 0 Å². The number of allylic oxidation sites excluding steroid dienone is 2. The third-order valence-electron chi connectivity index (χ3n) is 5.25. The zero-order chi connectivity index (χ0) is 23.6. The first-order valence-electron chi connectivity index (χ1n) is 11.1. The van der Waals surface area contributed by atoms with Crippen molar-refractivity contribution >= 4 is 11.5 Å². The molecule has 0 fully saturated rings. The van der Waals surface area contributed by atoms with Crippen molar-refractivity contribution in [3.63, 3.8) is 0 Å². The Kier molecular flexibility index (Phi) is 11.5. The van der Waals surface area contributed by atoms with Gasteiger partial charge in [0, 0.05) is 17.8 Å². The minimum absolute atomic E-state index is 0. The third-order valence-corrected chi connectivity index (χ3v) is 5.25. The number of aromatic hydroxyl groups is 1. The maximum atomic E-state index is 13.1. The van der Waals surface area contributed by atoms with Crippen molar-refractivity contribution in [2.45, 2.75) is 39.5 Å². The summed E-state index contributed by atoms with van der Waals surface area (Å²) in [5, 5.41) is 35.1. The Bertz CT molecular complexity index is 1180. The van der Waals surface area contributed by atoms with Crippen molar-refractivity contribution in [3.05, 3.63) is 95.4 Å². The van der Waals surface area contributed by atoms with Crippen molar-refractivity contribution in [2.75, 3.05) is 5.32 Å². The largest absolute Gasteiger partial charge is 1.00 e. The van der Waals surface area contributed by atoms with Crippen LogP contribution in [0.3, 0.4) is 0 Å². The molecule has 3 rings (SSSR count). The summed E-state index contributed by atoms with van der Waals surface area (Å²) in [6, 6.07) is 24.2. The van der Waals surface area contributed by atoms with E-state index in [4.69, 9.17) is 0 Å². The molecule has 2 N–H and O–H groups in total. The predicted molar refractivity (Wildman–Crippen MR) is 132 cm³/mol. The zero-order valence-corrected chi connectivity index (χ0v) is 23.1. The van der Waals surface area contributed by atoms with Crippen LogP contribution in [0, 0.1) is 11.3 Å². The van der Waals surface area contributed by atoms with E-state index in [1.165, 1.54) is 0 Å². The summed E-state index contributed by atoms with van der Waals surface area (Å²) in [6.45, 7) is 4.02. The molecule has 0 bridgehead atoms. The van der Waals surface area contributed by atoms with Gasteiger partial charge in [-0.1, -0.05) is 62.7 Å². The van der Waals surface area contributed by atoms with Crippen molar-refractivity contribution in [3.8, 4) is 22.9 Å². The maximum absolute atomic E-state index is 13.1. The molecule has 0 aromatic heterocycles. The first kappa shape index (κ1) is 27.8. The van der Waals surface area contributed by atoms with Crippen LogP contribution in [0.4, 0.5) is 5.69 Å². The molecule has 3 aromatic rings. The van der Waals surface area contributed by atoms with E-state index < -0.39 is 0 Å². The molecular weight excluding hydrogens is 449 g/mol. The van der Waals surface area contributed by atoms with Crippen LogP contribution >= 0.6 is 0 Å². The average Bonchev–Trinajstić information content (AvgIpc) is 2.85. The number of nitrogens with zero attached hydrogens (tertiary/aromatic N) is 2. The molecule has 3 aromatic carbocycles. The van der Waals surface area contributed by atoms with Gasteiger partial charge in [-0.3, -0.25) is 0 Å².